The fourth-order valence-corrected chi connectivity index (χ4v) is 1.31. The molecule has 1 atom stereocenters. The third-order valence-corrected chi connectivity index (χ3v) is 2.51. The summed E-state index contributed by atoms with van der Waals surface area (Å²) in [6.07, 6.45) is 1.01. The predicted octanol–water partition coefficient (Wildman–Crippen LogP) is 3.25. The lowest BCUT2D eigenvalue weighted by Crippen LogP contribution is -1.90. The number of hydrogen-bond donors (Lipinski definition) is 0. The molecule has 0 N–H and O–H groups in total. The molecule has 1 unspecified atom stereocenters. The maximum atomic E-state index is 5.21. The molecular weight excluding hydrogens is 188 g/mol. The van der Waals surface area contributed by atoms with Gasteiger partial charge in [-0.05, 0) is 6.42 Å². The van der Waals surface area contributed by atoms with Crippen LogP contribution in [0.25, 0.3) is 11.4 Å². The van der Waals surface area contributed by atoms with Crippen molar-refractivity contribution < 1.29 is 4.52 Å². The van der Waals surface area contributed by atoms with Gasteiger partial charge in [0.15, 0.2) is 0 Å². The van der Waals surface area contributed by atoms with Gasteiger partial charge in [-0.3, -0.25) is 0 Å². The molecule has 0 saturated carbocycles. The molecule has 0 aliphatic rings. The molecule has 0 bridgehead atoms. The van der Waals surface area contributed by atoms with Crippen molar-refractivity contribution in [1.82, 2.24) is 10.1 Å². The lowest BCUT2D eigenvalue weighted by Gasteiger charge is -1.98. The Kier molecular flexibility index (Phi) is 2.81. The maximum absolute atomic E-state index is 5.21. The van der Waals surface area contributed by atoms with E-state index >= 15 is 0 Å². The van der Waals surface area contributed by atoms with E-state index in [0.29, 0.717) is 11.7 Å². The third-order valence-electron chi connectivity index (χ3n) is 2.51. The average Bonchev–Trinajstić information content (AvgIpc) is 2.78. The molecule has 3 heteroatoms. The van der Waals surface area contributed by atoms with Gasteiger partial charge < -0.3 is 4.52 Å². The lowest BCUT2D eigenvalue weighted by atomic mass is 10.1. The highest BCUT2D eigenvalue weighted by Crippen LogP contribution is 2.20. The Bertz CT molecular complexity index is 422. The Morgan fingerprint density at radius 2 is 2.00 bits per heavy atom. The third kappa shape index (κ3) is 2.06. The van der Waals surface area contributed by atoms with E-state index in [0.717, 1.165) is 17.9 Å². The highest BCUT2D eigenvalue weighted by molar-refractivity contribution is 5.53. The number of benzene rings is 1. The summed E-state index contributed by atoms with van der Waals surface area (Å²) in [4.78, 5) is 4.37. The highest BCUT2D eigenvalue weighted by Gasteiger charge is 2.12. The Hall–Kier alpha value is -1.64. The van der Waals surface area contributed by atoms with Crippen LogP contribution in [-0.4, -0.2) is 10.1 Å². The summed E-state index contributed by atoms with van der Waals surface area (Å²) in [7, 11) is 0. The predicted molar refractivity (Wildman–Crippen MR) is 58.4 cm³/mol. The van der Waals surface area contributed by atoms with Crippen LogP contribution in [0.4, 0.5) is 0 Å². The molecular formula is C12H14N2O. The van der Waals surface area contributed by atoms with Crippen LogP contribution in [-0.2, 0) is 0 Å². The smallest absolute Gasteiger partial charge is 0.229 e. The molecule has 0 fully saturated rings. The zero-order chi connectivity index (χ0) is 10.7. The molecule has 0 saturated heterocycles. The number of nitrogens with zero attached hydrogens (tertiary/aromatic N) is 2. The zero-order valence-corrected chi connectivity index (χ0v) is 8.97. The second kappa shape index (κ2) is 4.26. The molecule has 0 aliphatic carbocycles. The molecule has 78 valence electrons. The number of aromatic nitrogens is 2. The van der Waals surface area contributed by atoms with Crippen LogP contribution >= 0.6 is 0 Å². The van der Waals surface area contributed by atoms with Crippen LogP contribution in [0.1, 0.15) is 32.1 Å². The van der Waals surface area contributed by atoms with Crippen LogP contribution in [0, 0.1) is 0 Å². The van der Waals surface area contributed by atoms with E-state index in [2.05, 4.69) is 24.0 Å². The van der Waals surface area contributed by atoms with E-state index in [1.807, 2.05) is 30.3 Å². The minimum absolute atomic E-state index is 0.329. The van der Waals surface area contributed by atoms with Crippen molar-refractivity contribution in [3.8, 4) is 11.4 Å². The minimum atomic E-state index is 0.329. The van der Waals surface area contributed by atoms with Crippen molar-refractivity contribution in [2.24, 2.45) is 0 Å². The molecule has 0 amide bonds. The normalized spacial score (nSPS) is 12.7. The zero-order valence-electron chi connectivity index (χ0n) is 8.97. The van der Waals surface area contributed by atoms with Crippen LogP contribution in [0.5, 0.6) is 0 Å². The van der Waals surface area contributed by atoms with Crippen LogP contribution in [0.2, 0.25) is 0 Å². The molecule has 0 radical (unpaired) electrons. The fraction of sp³-hybridized carbons (Fsp3) is 0.333. The second-order valence-corrected chi connectivity index (χ2v) is 3.63. The molecule has 0 spiro atoms. The summed E-state index contributed by atoms with van der Waals surface area (Å²) < 4.78 is 5.21. The van der Waals surface area contributed by atoms with Gasteiger partial charge in [0, 0.05) is 11.5 Å². The average molecular weight is 202 g/mol. The molecule has 15 heavy (non-hydrogen) atoms. The fourth-order valence-electron chi connectivity index (χ4n) is 1.31. The molecule has 2 rings (SSSR count). The molecule has 1 heterocycles. The van der Waals surface area contributed by atoms with Crippen LogP contribution in [0.15, 0.2) is 34.9 Å². The first kappa shape index (κ1) is 9.90. The van der Waals surface area contributed by atoms with E-state index in [1.54, 1.807) is 0 Å². The van der Waals surface area contributed by atoms with Crippen molar-refractivity contribution in [2.75, 3.05) is 0 Å². The summed E-state index contributed by atoms with van der Waals surface area (Å²) in [5.74, 6) is 1.72. The number of rotatable bonds is 3. The summed E-state index contributed by atoms with van der Waals surface area (Å²) in [6, 6.07) is 9.86. The minimum Gasteiger partial charge on any atom is -0.339 e. The van der Waals surface area contributed by atoms with Crippen molar-refractivity contribution in [2.45, 2.75) is 26.2 Å². The first-order valence-corrected chi connectivity index (χ1v) is 5.20. The molecule has 0 aliphatic heterocycles. The lowest BCUT2D eigenvalue weighted by molar-refractivity contribution is 0.357. The van der Waals surface area contributed by atoms with Gasteiger partial charge in [0.25, 0.3) is 0 Å². The van der Waals surface area contributed by atoms with Gasteiger partial charge in [0.05, 0.1) is 0 Å². The first-order valence-electron chi connectivity index (χ1n) is 5.20. The van der Waals surface area contributed by atoms with Gasteiger partial charge in [-0.2, -0.15) is 4.98 Å². The summed E-state index contributed by atoms with van der Waals surface area (Å²) in [5.41, 5.74) is 0.996. The van der Waals surface area contributed by atoms with Gasteiger partial charge in [-0.15, -0.1) is 0 Å². The Balaban J connectivity index is 2.28. The van der Waals surface area contributed by atoms with Crippen molar-refractivity contribution in [1.29, 1.82) is 0 Å². The van der Waals surface area contributed by atoms with Crippen molar-refractivity contribution >= 4 is 0 Å². The van der Waals surface area contributed by atoms with E-state index < -0.39 is 0 Å². The van der Waals surface area contributed by atoms with Crippen molar-refractivity contribution in [3.05, 3.63) is 36.2 Å². The van der Waals surface area contributed by atoms with Gasteiger partial charge in [0.2, 0.25) is 11.7 Å². The van der Waals surface area contributed by atoms with E-state index in [1.165, 1.54) is 0 Å². The summed E-state index contributed by atoms with van der Waals surface area (Å²) in [5, 5.41) is 3.97. The summed E-state index contributed by atoms with van der Waals surface area (Å²) in [6.45, 7) is 4.19. The van der Waals surface area contributed by atoms with Crippen molar-refractivity contribution in [3.63, 3.8) is 0 Å². The second-order valence-electron chi connectivity index (χ2n) is 3.63. The Morgan fingerprint density at radius 1 is 1.27 bits per heavy atom. The number of hydrogen-bond acceptors (Lipinski definition) is 3. The van der Waals surface area contributed by atoms with E-state index in [9.17, 15) is 0 Å². The standard InChI is InChI=1S/C12H14N2O/c1-3-9(2)12-13-11(14-15-12)10-7-5-4-6-8-10/h4-9H,3H2,1-2H3. The van der Waals surface area contributed by atoms with Crippen LogP contribution in [0.3, 0.4) is 0 Å². The maximum Gasteiger partial charge on any atom is 0.229 e. The summed E-state index contributed by atoms with van der Waals surface area (Å²) >= 11 is 0. The monoisotopic (exact) mass is 202 g/mol. The largest absolute Gasteiger partial charge is 0.339 e. The Morgan fingerprint density at radius 3 is 2.67 bits per heavy atom. The molecule has 2 aromatic rings. The molecule has 3 nitrogen and oxygen atoms in total. The van der Waals surface area contributed by atoms with Gasteiger partial charge in [0.1, 0.15) is 0 Å². The van der Waals surface area contributed by atoms with Gasteiger partial charge in [-0.25, -0.2) is 0 Å². The SMILES string of the molecule is CCC(C)c1nc(-c2ccccc2)no1. The van der Waals surface area contributed by atoms with E-state index in [-0.39, 0.29) is 0 Å². The molecule has 1 aromatic heterocycles. The first-order chi connectivity index (χ1) is 7.31. The van der Waals surface area contributed by atoms with Gasteiger partial charge in [-0.1, -0.05) is 49.3 Å². The van der Waals surface area contributed by atoms with E-state index in [4.69, 9.17) is 4.52 Å². The van der Waals surface area contributed by atoms with Crippen LogP contribution < -0.4 is 0 Å². The topological polar surface area (TPSA) is 38.9 Å². The highest BCUT2D eigenvalue weighted by atomic mass is 16.5. The van der Waals surface area contributed by atoms with Gasteiger partial charge >= 0.3 is 0 Å². The quantitative estimate of drug-likeness (QED) is 0.766. The molecule has 1 aromatic carbocycles. The Labute approximate surface area is 89.1 Å².